The molecule has 2 nitrogen and oxygen atoms in total. The largest absolute Gasteiger partial charge is 0.411 e. The highest BCUT2D eigenvalue weighted by atomic mass is 16.4. The zero-order chi connectivity index (χ0) is 13.5. The molecule has 0 aliphatic heterocycles. The summed E-state index contributed by atoms with van der Waals surface area (Å²) in [5.41, 5.74) is 0. The monoisotopic (exact) mass is 255 g/mol. The van der Waals surface area contributed by atoms with E-state index < -0.39 is 0 Å². The number of rotatable bonds is 13. The highest BCUT2D eigenvalue weighted by Gasteiger charge is 2.05. The third kappa shape index (κ3) is 11.9. The molecule has 0 heterocycles. The third-order valence-electron chi connectivity index (χ3n) is 3.63. The Bertz CT molecular complexity index is 180. The lowest BCUT2D eigenvalue weighted by Crippen LogP contribution is -2.02. The van der Waals surface area contributed by atoms with Crippen LogP contribution in [0.15, 0.2) is 5.16 Å². The molecule has 0 amide bonds. The van der Waals surface area contributed by atoms with Gasteiger partial charge in [0.05, 0.1) is 0 Å². The van der Waals surface area contributed by atoms with Crippen molar-refractivity contribution in [3.8, 4) is 0 Å². The Morgan fingerprint density at radius 3 is 1.72 bits per heavy atom. The van der Waals surface area contributed by atoms with Gasteiger partial charge in [-0.25, -0.2) is 0 Å². The van der Waals surface area contributed by atoms with E-state index in [0.717, 1.165) is 0 Å². The van der Waals surface area contributed by atoms with E-state index in [-0.39, 0.29) is 0 Å². The first-order valence-corrected chi connectivity index (χ1v) is 8.02. The second kappa shape index (κ2) is 14.5. The molecule has 0 saturated heterocycles. The van der Waals surface area contributed by atoms with Gasteiger partial charge in [-0.15, -0.1) is 5.16 Å². The van der Waals surface area contributed by atoms with Gasteiger partial charge in [0.15, 0.2) is 0 Å². The molecule has 0 aromatic rings. The molecule has 1 N–H and O–H groups in total. The van der Waals surface area contributed by atoms with Crippen molar-refractivity contribution in [2.45, 2.75) is 90.9 Å². The van der Waals surface area contributed by atoms with Crippen LogP contribution in [0.4, 0.5) is 0 Å². The van der Waals surface area contributed by atoms with Gasteiger partial charge >= 0.3 is 0 Å². The van der Waals surface area contributed by atoms with Crippen LogP contribution in [0.1, 0.15) is 90.9 Å². The van der Waals surface area contributed by atoms with Crippen molar-refractivity contribution < 1.29 is 5.21 Å². The second-order valence-corrected chi connectivity index (χ2v) is 5.43. The topological polar surface area (TPSA) is 32.6 Å². The molecule has 0 aliphatic carbocycles. The molecule has 18 heavy (non-hydrogen) atoms. The van der Waals surface area contributed by atoms with Crippen LogP contribution in [-0.2, 0) is 0 Å². The molecule has 1 unspecified atom stereocenters. The second-order valence-electron chi connectivity index (χ2n) is 5.43. The summed E-state index contributed by atoms with van der Waals surface area (Å²) < 4.78 is 0. The smallest absolute Gasteiger partial charge is 0.0466 e. The maximum Gasteiger partial charge on any atom is 0.0466 e. The van der Waals surface area contributed by atoms with E-state index in [1.54, 1.807) is 6.21 Å². The average Bonchev–Trinajstić information content (AvgIpc) is 2.38. The van der Waals surface area contributed by atoms with Crippen molar-refractivity contribution in [1.82, 2.24) is 0 Å². The van der Waals surface area contributed by atoms with Crippen LogP contribution < -0.4 is 0 Å². The fourth-order valence-electron chi connectivity index (χ4n) is 2.41. The van der Waals surface area contributed by atoms with Gasteiger partial charge in [0, 0.05) is 6.21 Å². The van der Waals surface area contributed by atoms with Crippen LogP contribution in [0, 0.1) is 5.92 Å². The van der Waals surface area contributed by atoms with Crippen molar-refractivity contribution in [2.75, 3.05) is 0 Å². The molecule has 0 spiro atoms. The highest BCUT2D eigenvalue weighted by molar-refractivity contribution is 5.59. The Kier molecular flexibility index (Phi) is 14.1. The fraction of sp³-hybridized carbons (Fsp3) is 0.938. The van der Waals surface area contributed by atoms with E-state index in [1.807, 2.05) is 0 Å². The van der Waals surface area contributed by atoms with Crippen LogP contribution in [-0.4, -0.2) is 11.4 Å². The minimum absolute atomic E-state index is 0.498. The molecule has 108 valence electrons. The van der Waals surface area contributed by atoms with Gasteiger partial charge in [-0.05, 0) is 18.8 Å². The Balaban J connectivity index is 3.50. The van der Waals surface area contributed by atoms with Gasteiger partial charge in [-0.1, -0.05) is 78.1 Å². The summed E-state index contributed by atoms with van der Waals surface area (Å²) in [6, 6.07) is 0. The van der Waals surface area contributed by atoms with Gasteiger partial charge in [-0.2, -0.15) is 0 Å². The van der Waals surface area contributed by atoms with Crippen LogP contribution in [0.2, 0.25) is 0 Å². The molecular weight excluding hydrogens is 222 g/mol. The van der Waals surface area contributed by atoms with Crippen molar-refractivity contribution >= 4 is 6.21 Å². The minimum Gasteiger partial charge on any atom is -0.411 e. The van der Waals surface area contributed by atoms with Crippen molar-refractivity contribution in [2.24, 2.45) is 11.1 Å². The molecule has 0 aromatic carbocycles. The van der Waals surface area contributed by atoms with E-state index >= 15 is 0 Å². The Morgan fingerprint density at radius 1 is 0.778 bits per heavy atom. The lowest BCUT2D eigenvalue weighted by molar-refractivity contribution is 0.316. The fourth-order valence-corrected chi connectivity index (χ4v) is 2.41. The number of nitrogens with zero attached hydrogens (tertiary/aromatic N) is 1. The number of hydrogen-bond acceptors (Lipinski definition) is 2. The van der Waals surface area contributed by atoms with Gasteiger partial charge in [0.1, 0.15) is 0 Å². The van der Waals surface area contributed by atoms with Gasteiger partial charge in [0.25, 0.3) is 0 Å². The standard InChI is InChI=1S/C16H33NO/c1-3-5-7-9-10-12-14-16(15-17-18)13-11-8-6-4-2/h15-16,18H,3-14H2,1-2H3. The van der Waals surface area contributed by atoms with E-state index in [4.69, 9.17) is 5.21 Å². The summed E-state index contributed by atoms with van der Waals surface area (Å²) in [7, 11) is 0. The molecule has 0 saturated carbocycles. The Labute approximate surface area is 114 Å². The van der Waals surface area contributed by atoms with E-state index in [9.17, 15) is 0 Å². The van der Waals surface area contributed by atoms with Crippen molar-refractivity contribution in [3.63, 3.8) is 0 Å². The number of oxime groups is 1. The first-order valence-electron chi connectivity index (χ1n) is 8.02. The zero-order valence-electron chi connectivity index (χ0n) is 12.5. The molecular formula is C16H33NO. The van der Waals surface area contributed by atoms with E-state index in [2.05, 4.69) is 19.0 Å². The maximum atomic E-state index is 8.68. The summed E-state index contributed by atoms with van der Waals surface area (Å²) in [6.45, 7) is 4.49. The molecule has 2 heteroatoms. The summed E-state index contributed by atoms with van der Waals surface area (Å²) in [6.07, 6.45) is 17.4. The Morgan fingerprint density at radius 2 is 1.22 bits per heavy atom. The third-order valence-corrected chi connectivity index (χ3v) is 3.63. The SMILES string of the molecule is CCCCCCCCC(C=NO)CCCCCC. The van der Waals surface area contributed by atoms with Crippen molar-refractivity contribution in [3.05, 3.63) is 0 Å². The molecule has 0 bridgehead atoms. The maximum absolute atomic E-state index is 8.68. The number of unbranched alkanes of at least 4 members (excludes halogenated alkanes) is 8. The lowest BCUT2D eigenvalue weighted by atomic mass is 9.95. The highest BCUT2D eigenvalue weighted by Crippen LogP contribution is 2.17. The molecule has 0 rings (SSSR count). The normalized spacial score (nSPS) is 13.2. The summed E-state index contributed by atoms with van der Waals surface area (Å²) in [4.78, 5) is 0. The van der Waals surface area contributed by atoms with Gasteiger partial charge in [-0.3, -0.25) is 0 Å². The van der Waals surface area contributed by atoms with Crippen LogP contribution in [0.3, 0.4) is 0 Å². The minimum atomic E-state index is 0.498. The number of hydrogen-bond donors (Lipinski definition) is 1. The predicted molar refractivity (Wildman–Crippen MR) is 80.5 cm³/mol. The quantitative estimate of drug-likeness (QED) is 0.192. The van der Waals surface area contributed by atoms with Gasteiger partial charge in [0.2, 0.25) is 0 Å². The Hall–Kier alpha value is -0.530. The summed E-state index contributed by atoms with van der Waals surface area (Å²) in [5.74, 6) is 0.498. The first kappa shape index (κ1) is 17.5. The van der Waals surface area contributed by atoms with Crippen LogP contribution >= 0.6 is 0 Å². The average molecular weight is 255 g/mol. The van der Waals surface area contributed by atoms with Crippen LogP contribution in [0.25, 0.3) is 0 Å². The van der Waals surface area contributed by atoms with Crippen molar-refractivity contribution in [1.29, 1.82) is 0 Å². The zero-order valence-corrected chi connectivity index (χ0v) is 12.5. The lowest BCUT2D eigenvalue weighted by Gasteiger charge is -2.11. The molecule has 1 atom stereocenters. The first-order chi connectivity index (χ1) is 8.85. The molecule has 0 aliphatic rings. The summed E-state index contributed by atoms with van der Waals surface area (Å²) in [5, 5.41) is 11.9. The molecule has 0 aromatic heterocycles. The molecule has 0 radical (unpaired) electrons. The predicted octanol–water partition coefficient (Wildman–Crippen LogP) is 5.78. The van der Waals surface area contributed by atoms with Crippen LogP contribution in [0.5, 0.6) is 0 Å². The summed E-state index contributed by atoms with van der Waals surface area (Å²) >= 11 is 0. The van der Waals surface area contributed by atoms with E-state index in [0.29, 0.717) is 5.92 Å². The van der Waals surface area contributed by atoms with Gasteiger partial charge < -0.3 is 5.21 Å². The van der Waals surface area contributed by atoms with E-state index in [1.165, 1.54) is 77.0 Å². The molecule has 0 fully saturated rings.